The molecule has 3 rings (SSSR count). The molecule has 0 N–H and O–H groups in total. The van der Waals surface area contributed by atoms with Crippen LogP contribution in [0, 0.1) is 0 Å². The molecule has 5 atom stereocenters. The van der Waals surface area contributed by atoms with Crippen molar-refractivity contribution in [3.63, 3.8) is 0 Å². The zero-order chi connectivity index (χ0) is 18.6. The standard InChI is InChI=1S/C18H23N3O5/c1-18(2)25-15-14(20-21-19)13(9-6-10-22)24-17(16(15)26-18)23-11-12-7-4-3-5-8-12/h3-5,7-8,10,13-17H,6,9,11H2,1-2H3/t13-,14?,15?,16?,17-/m1/s1. The number of carbonyl (C=O) groups is 1. The molecule has 0 saturated carbocycles. The molecule has 0 aromatic heterocycles. The van der Waals surface area contributed by atoms with Crippen LogP contribution in [0.5, 0.6) is 0 Å². The number of nitrogens with zero attached hydrogens (tertiary/aromatic N) is 3. The van der Waals surface area contributed by atoms with Crippen molar-refractivity contribution in [3.8, 4) is 0 Å². The minimum atomic E-state index is -0.837. The van der Waals surface area contributed by atoms with Crippen molar-refractivity contribution in [1.82, 2.24) is 0 Å². The van der Waals surface area contributed by atoms with Gasteiger partial charge >= 0.3 is 0 Å². The molecule has 1 aromatic rings. The Balaban J connectivity index is 1.79. The third-order valence-corrected chi connectivity index (χ3v) is 4.47. The van der Waals surface area contributed by atoms with Crippen LogP contribution in [0.25, 0.3) is 10.4 Å². The average Bonchev–Trinajstić information content (AvgIpc) is 2.96. The van der Waals surface area contributed by atoms with Crippen LogP contribution in [0.15, 0.2) is 35.4 Å². The second-order valence-electron chi connectivity index (χ2n) is 6.84. The topological polar surface area (TPSA) is 103 Å². The number of ether oxygens (including phenoxy) is 4. The van der Waals surface area contributed by atoms with Gasteiger partial charge in [0.1, 0.15) is 18.5 Å². The van der Waals surface area contributed by atoms with Gasteiger partial charge in [0.15, 0.2) is 12.1 Å². The van der Waals surface area contributed by atoms with E-state index in [4.69, 9.17) is 24.5 Å². The Morgan fingerprint density at radius 1 is 1.27 bits per heavy atom. The quantitative estimate of drug-likeness (QED) is 0.321. The van der Waals surface area contributed by atoms with Crippen LogP contribution in [0.2, 0.25) is 0 Å². The Labute approximate surface area is 152 Å². The van der Waals surface area contributed by atoms with E-state index in [0.717, 1.165) is 11.8 Å². The molecule has 2 aliphatic rings. The molecule has 2 heterocycles. The van der Waals surface area contributed by atoms with E-state index in [1.54, 1.807) is 13.8 Å². The molecular formula is C18H23N3O5. The highest BCUT2D eigenvalue weighted by Crippen LogP contribution is 2.40. The highest BCUT2D eigenvalue weighted by molar-refractivity contribution is 5.49. The van der Waals surface area contributed by atoms with Crippen LogP contribution in [0.1, 0.15) is 32.3 Å². The number of benzene rings is 1. The minimum absolute atomic E-state index is 0.301. The maximum atomic E-state index is 10.8. The molecule has 140 valence electrons. The number of aldehydes is 1. The van der Waals surface area contributed by atoms with Crippen LogP contribution in [0.3, 0.4) is 0 Å². The first-order chi connectivity index (χ1) is 12.5. The van der Waals surface area contributed by atoms with Crippen molar-refractivity contribution in [1.29, 1.82) is 0 Å². The minimum Gasteiger partial charge on any atom is -0.346 e. The Bertz CT molecular complexity index is 662. The summed E-state index contributed by atoms with van der Waals surface area (Å²) in [5.74, 6) is -0.837. The molecule has 26 heavy (non-hydrogen) atoms. The summed E-state index contributed by atoms with van der Waals surface area (Å²) in [6, 6.07) is 9.15. The molecule has 0 bridgehead atoms. The first-order valence-electron chi connectivity index (χ1n) is 8.68. The summed E-state index contributed by atoms with van der Waals surface area (Å²) in [4.78, 5) is 13.7. The van der Waals surface area contributed by atoms with Crippen molar-refractivity contribution < 1.29 is 23.7 Å². The van der Waals surface area contributed by atoms with E-state index < -0.39 is 36.4 Å². The molecule has 2 aliphatic heterocycles. The van der Waals surface area contributed by atoms with Crippen LogP contribution in [-0.2, 0) is 30.3 Å². The van der Waals surface area contributed by atoms with Crippen LogP contribution in [-0.4, -0.2) is 42.7 Å². The van der Waals surface area contributed by atoms with Gasteiger partial charge in [0.05, 0.1) is 18.8 Å². The van der Waals surface area contributed by atoms with Crippen molar-refractivity contribution in [2.75, 3.05) is 0 Å². The van der Waals surface area contributed by atoms with Crippen LogP contribution < -0.4 is 0 Å². The van der Waals surface area contributed by atoms with E-state index in [2.05, 4.69) is 10.0 Å². The summed E-state index contributed by atoms with van der Waals surface area (Å²) >= 11 is 0. The fraction of sp³-hybridized carbons (Fsp3) is 0.611. The van der Waals surface area contributed by atoms with Gasteiger partial charge in [0, 0.05) is 11.3 Å². The van der Waals surface area contributed by atoms with Crippen LogP contribution >= 0.6 is 0 Å². The predicted molar refractivity (Wildman–Crippen MR) is 91.9 cm³/mol. The fourth-order valence-electron chi connectivity index (χ4n) is 3.39. The largest absolute Gasteiger partial charge is 0.346 e. The lowest BCUT2D eigenvalue weighted by Gasteiger charge is -2.40. The Hall–Kier alpha value is -1.96. The van der Waals surface area contributed by atoms with E-state index in [9.17, 15) is 4.79 Å². The van der Waals surface area contributed by atoms with Gasteiger partial charge in [-0.1, -0.05) is 35.4 Å². The molecule has 0 spiro atoms. The third-order valence-electron chi connectivity index (χ3n) is 4.47. The van der Waals surface area contributed by atoms with Crippen molar-refractivity contribution in [2.45, 2.75) is 69.7 Å². The van der Waals surface area contributed by atoms with Gasteiger partial charge in [-0.05, 0) is 31.4 Å². The molecule has 0 aliphatic carbocycles. The molecule has 2 fully saturated rings. The second-order valence-corrected chi connectivity index (χ2v) is 6.84. The van der Waals surface area contributed by atoms with E-state index in [-0.39, 0.29) is 0 Å². The second kappa shape index (κ2) is 8.16. The van der Waals surface area contributed by atoms with Gasteiger partial charge in [-0.2, -0.15) is 0 Å². The van der Waals surface area contributed by atoms with E-state index in [1.165, 1.54) is 0 Å². The summed E-state index contributed by atoms with van der Waals surface area (Å²) in [5.41, 5.74) is 9.94. The van der Waals surface area contributed by atoms with Gasteiger partial charge in [-0.3, -0.25) is 0 Å². The molecule has 0 amide bonds. The van der Waals surface area contributed by atoms with Crippen molar-refractivity contribution in [2.24, 2.45) is 5.11 Å². The molecular weight excluding hydrogens is 338 g/mol. The lowest BCUT2D eigenvalue weighted by atomic mass is 9.94. The molecule has 0 radical (unpaired) electrons. The summed E-state index contributed by atoms with van der Waals surface area (Å²) in [7, 11) is 0. The van der Waals surface area contributed by atoms with Gasteiger partial charge in [-0.15, -0.1) is 0 Å². The number of hydrogen-bond donors (Lipinski definition) is 0. The Kier molecular flexibility index (Phi) is 5.90. The zero-order valence-corrected chi connectivity index (χ0v) is 14.9. The molecule has 8 heteroatoms. The summed E-state index contributed by atoms with van der Waals surface area (Å²) in [6.07, 6.45) is -0.623. The third kappa shape index (κ3) is 4.23. The van der Waals surface area contributed by atoms with E-state index in [1.807, 2.05) is 30.3 Å². The monoisotopic (exact) mass is 361 g/mol. The summed E-state index contributed by atoms with van der Waals surface area (Å²) < 4.78 is 23.9. The Morgan fingerprint density at radius 3 is 2.69 bits per heavy atom. The maximum Gasteiger partial charge on any atom is 0.187 e. The molecule has 3 unspecified atom stereocenters. The van der Waals surface area contributed by atoms with Gasteiger partial charge in [-0.25, -0.2) is 0 Å². The van der Waals surface area contributed by atoms with Gasteiger partial charge in [0.25, 0.3) is 0 Å². The van der Waals surface area contributed by atoms with Crippen molar-refractivity contribution in [3.05, 3.63) is 46.3 Å². The number of carbonyl (C=O) groups excluding carboxylic acids is 1. The molecule has 8 nitrogen and oxygen atoms in total. The van der Waals surface area contributed by atoms with Gasteiger partial charge in [0.2, 0.25) is 0 Å². The van der Waals surface area contributed by atoms with E-state index in [0.29, 0.717) is 19.4 Å². The fourth-order valence-corrected chi connectivity index (χ4v) is 3.39. The van der Waals surface area contributed by atoms with E-state index >= 15 is 0 Å². The Morgan fingerprint density at radius 2 is 2.00 bits per heavy atom. The highest BCUT2D eigenvalue weighted by atomic mass is 16.8. The lowest BCUT2D eigenvalue weighted by molar-refractivity contribution is -0.260. The number of rotatable bonds is 7. The summed E-state index contributed by atoms with van der Waals surface area (Å²) in [6.45, 7) is 3.95. The van der Waals surface area contributed by atoms with Gasteiger partial charge < -0.3 is 23.7 Å². The lowest BCUT2D eigenvalue weighted by Crippen LogP contribution is -2.56. The highest BCUT2D eigenvalue weighted by Gasteiger charge is 2.55. The predicted octanol–water partition coefficient (Wildman–Crippen LogP) is 3.11. The first kappa shape index (κ1) is 18.8. The summed E-state index contributed by atoms with van der Waals surface area (Å²) in [5, 5.41) is 3.86. The number of fused-ring (bicyclic) bond motifs is 1. The number of hydrogen-bond acceptors (Lipinski definition) is 6. The van der Waals surface area contributed by atoms with Crippen molar-refractivity contribution >= 4 is 6.29 Å². The smallest absolute Gasteiger partial charge is 0.187 e. The number of azide groups is 1. The average molecular weight is 361 g/mol. The normalized spacial score (nSPS) is 32.5. The van der Waals surface area contributed by atoms with Crippen LogP contribution in [0.4, 0.5) is 0 Å². The first-order valence-corrected chi connectivity index (χ1v) is 8.68. The SMILES string of the molecule is CC1(C)OC2C(O1)[C@H](OCc1ccccc1)O[C@H](CCC=O)C2N=[N+]=[N-]. The molecule has 2 saturated heterocycles. The zero-order valence-electron chi connectivity index (χ0n) is 14.9. The molecule has 1 aromatic carbocycles. The maximum absolute atomic E-state index is 10.8.